The van der Waals surface area contributed by atoms with Gasteiger partial charge in [-0.15, -0.1) is 0 Å². The maximum absolute atomic E-state index is 13.1. The number of likely N-dealkylation sites (tertiary alicyclic amines) is 1. The van der Waals surface area contributed by atoms with E-state index in [4.69, 9.17) is 14.2 Å². The first-order chi connectivity index (χ1) is 15.6. The Morgan fingerprint density at radius 3 is 2.47 bits per heavy atom. The van der Waals surface area contributed by atoms with E-state index in [0.717, 1.165) is 31.4 Å². The minimum Gasteiger partial charge on any atom is -0.496 e. The largest absolute Gasteiger partial charge is 0.496 e. The molecule has 0 unspecified atom stereocenters. The molecule has 170 valence electrons. The Morgan fingerprint density at radius 2 is 1.66 bits per heavy atom. The number of amides is 1. The van der Waals surface area contributed by atoms with Crippen LogP contribution in [0, 0.1) is 5.41 Å². The molecule has 0 radical (unpaired) electrons. The van der Waals surface area contributed by atoms with E-state index < -0.39 is 5.41 Å². The number of para-hydroxylation sites is 2. The molecule has 2 aliphatic rings. The van der Waals surface area contributed by atoms with Crippen LogP contribution in [0.2, 0.25) is 0 Å². The number of fused-ring (bicyclic) bond motifs is 1. The van der Waals surface area contributed by atoms with E-state index in [0.29, 0.717) is 43.9 Å². The maximum Gasteiger partial charge on any atom is 0.312 e. The number of hydrogen-bond donors (Lipinski definition) is 0. The van der Waals surface area contributed by atoms with Crippen molar-refractivity contribution in [1.82, 2.24) is 4.90 Å². The highest BCUT2D eigenvalue weighted by molar-refractivity contribution is 5.97. The predicted molar refractivity (Wildman–Crippen MR) is 121 cm³/mol. The van der Waals surface area contributed by atoms with Gasteiger partial charge in [0.1, 0.15) is 24.7 Å². The minimum atomic E-state index is -0.531. The number of cyclic esters (lactones) is 1. The molecule has 0 aliphatic carbocycles. The zero-order valence-electron chi connectivity index (χ0n) is 18.7. The molecule has 1 fully saturated rings. The fraction of sp³-hybridized carbons (Fsp3) is 0.462. The van der Waals surface area contributed by atoms with Crippen molar-refractivity contribution < 1.29 is 23.8 Å². The highest BCUT2D eigenvalue weighted by atomic mass is 16.6. The second-order valence-electron chi connectivity index (χ2n) is 8.57. The number of benzene rings is 2. The van der Waals surface area contributed by atoms with Gasteiger partial charge in [-0.05, 0) is 55.9 Å². The van der Waals surface area contributed by atoms with Gasteiger partial charge >= 0.3 is 5.97 Å². The molecule has 2 aromatic carbocycles. The molecule has 0 aromatic heterocycles. The minimum absolute atomic E-state index is 0.0520. The number of nitrogens with zero attached hydrogens (tertiary/aromatic N) is 1. The number of methoxy groups -OCH3 is 1. The average molecular weight is 438 g/mol. The summed E-state index contributed by atoms with van der Waals surface area (Å²) in [5, 5.41) is 0. The van der Waals surface area contributed by atoms with Gasteiger partial charge in [0.15, 0.2) is 0 Å². The lowest BCUT2D eigenvalue weighted by Gasteiger charge is -2.40. The summed E-state index contributed by atoms with van der Waals surface area (Å²) in [7, 11) is 1.57. The van der Waals surface area contributed by atoms with Crippen molar-refractivity contribution in [3.05, 3.63) is 59.7 Å². The van der Waals surface area contributed by atoms with Crippen molar-refractivity contribution >= 4 is 11.9 Å². The number of carbonyl (C=O) groups excluding carboxylic acids is 2. The van der Waals surface area contributed by atoms with Gasteiger partial charge in [-0.2, -0.15) is 0 Å². The van der Waals surface area contributed by atoms with Crippen molar-refractivity contribution in [2.45, 2.75) is 38.5 Å². The van der Waals surface area contributed by atoms with Crippen LogP contribution in [0.5, 0.6) is 11.5 Å². The van der Waals surface area contributed by atoms with Gasteiger partial charge in [0.25, 0.3) is 5.91 Å². The molecule has 0 saturated carbocycles. The molecule has 1 spiro atoms. The first kappa shape index (κ1) is 22.2. The van der Waals surface area contributed by atoms with Crippen molar-refractivity contribution in [2.75, 3.05) is 33.4 Å². The van der Waals surface area contributed by atoms with Gasteiger partial charge in [-0.1, -0.05) is 36.8 Å². The van der Waals surface area contributed by atoms with Gasteiger partial charge in [-0.25, -0.2) is 0 Å². The number of carbonyl (C=O) groups is 2. The highest BCUT2D eigenvalue weighted by Gasteiger charge is 2.43. The van der Waals surface area contributed by atoms with Crippen LogP contribution in [0.25, 0.3) is 0 Å². The molecule has 2 heterocycles. The third-order valence-electron chi connectivity index (χ3n) is 6.68. The predicted octanol–water partition coefficient (Wildman–Crippen LogP) is 4.27. The lowest BCUT2D eigenvalue weighted by Crippen LogP contribution is -2.47. The van der Waals surface area contributed by atoms with Crippen molar-refractivity contribution in [1.29, 1.82) is 0 Å². The molecular formula is C26H31NO5. The number of piperidine rings is 1. The Bertz CT molecular complexity index is 949. The number of ether oxygens (including phenoxy) is 3. The molecule has 32 heavy (non-hydrogen) atoms. The number of rotatable bonds is 2. The third-order valence-corrected chi connectivity index (χ3v) is 6.68. The summed E-state index contributed by atoms with van der Waals surface area (Å²) >= 11 is 0. The van der Waals surface area contributed by atoms with E-state index in [1.807, 2.05) is 35.2 Å². The molecule has 1 amide bonds. The average Bonchev–Trinajstić information content (AvgIpc) is 2.84. The Hall–Kier alpha value is -3.02. The lowest BCUT2D eigenvalue weighted by molar-refractivity contribution is -0.160. The molecular weight excluding hydrogens is 406 g/mol. The Kier molecular flexibility index (Phi) is 6.98. The first-order valence-corrected chi connectivity index (χ1v) is 11.4. The summed E-state index contributed by atoms with van der Waals surface area (Å²) < 4.78 is 16.9. The van der Waals surface area contributed by atoms with Crippen molar-refractivity contribution in [3.8, 4) is 11.5 Å². The van der Waals surface area contributed by atoms with Gasteiger partial charge in [0, 0.05) is 13.1 Å². The van der Waals surface area contributed by atoms with Crippen LogP contribution in [0.3, 0.4) is 0 Å². The third kappa shape index (κ3) is 4.74. The van der Waals surface area contributed by atoms with E-state index in [9.17, 15) is 9.59 Å². The summed E-state index contributed by atoms with van der Waals surface area (Å²) in [6, 6.07) is 15.3. The zero-order chi connectivity index (χ0) is 22.4. The second-order valence-corrected chi connectivity index (χ2v) is 8.57. The zero-order valence-corrected chi connectivity index (χ0v) is 18.7. The quantitative estimate of drug-likeness (QED) is 0.657. The van der Waals surface area contributed by atoms with E-state index in [1.54, 1.807) is 19.2 Å². The van der Waals surface area contributed by atoms with Crippen molar-refractivity contribution in [2.24, 2.45) is 5.41 Å². The molecule has 0 N–H and O–H groups in total. The van der Waals surface area contributed by atoms with E-state index in [-0.39, 0.29) is 18.5 Å². The Balaban J connectivity index is 1.43. The molecule has 2 aromatic rings. The maximum atomic E-state index is 13.1. The molecule has 6 heteroatoms. The Labute approximate surface area is 189 Å². The second kappa shape index (κ2) is 10.1. The smallest absolute Gasteiger partial charge is 0.312 e. The van der Waals surface area contributed by atoms with Crippen LogP contribution in [0.1, 0.15) is 48.0 Å². The van der Waals surface area contributed by atoms with Gasteiger partial charge < -0.3 is 19.1 Å². The number of hydrogen-bond acceptors (Lipinski definition) is 5. The van der Waals surface area contributed by atoms with Crippen LogP contribution < -0.4 is 9.47 Å². The van der Waals surface area contributed by atoms with Gasteiger partial charge in [0.2, 0.25) is 0 Å². The van der Waals surface area contributed by atoms with E-state index in [1.165, 1.54) is 5.56 Å². The normalized spacial score (nSPS) is 19.0. The summed E-state index contributed by atoms with van der Waals surface area (Å²) in [5.74, 6) is 1.24. The van der Waals surface area contributed by atoms with Crippen LogP contribution in [0.15, 0.2) is 48.5 Å². The Morgan fingerprint density at radius 1 is 0.938 bits per heavy atom. The summed E-state index contributed by atoms with van der Waals surface area (Å²) in [4.78, 5) is 28.0. The van der Waals surface area contributed by atoms with Crippen LogP contribution in [-0.4, -0.2) is 50.2 Å². The number of aryl methyl sites for hydroxylation is 1. The molecule has 2 aliphatic heterocycles. The SMILES string of the molecule is COc1ccccc1C(=O)N1CCC2(CCCCc3ccccc3OCCOC2=O)CC1. The fourth-order valence-electron chi connectivity index (χ4n) is 4.75. The molecule has 6 nitrogen and oxygen atoms in total. The molecule has 1 saturated heterocycles. The summed E-state index contributed by atoms with van der Waals surface area (Å²) in [6.45, 7) is 1.65. The highest BCUT2D eigenvalue weighted by Crippen LogP contribution is 2.39. The molecule has 0 atom stereocenters. The topological polar surface area (TPSA) is 65.1 Å². The van der Waals surface area contributed by atoms with Gasteiger partial charge in [0.05, 0.1) is 18.1 Å². The summed E-state index contributed by atoms with van der Waals surface area (Å²) in [5.41, 5.74) is 1.23. The molecule has 0 bridgehead atoms. The lowest BCUT2D eigenvalue weighted by atomic mass is 9.74. The van der Waals surface area contributed by atoms with Crippen LogP contribution >= 0.6 is 0 Å². The van der Waals surface area contributed by atoms with E-state index >= 15 is 0 Å². The van der Waals surface area contributed by atoms with Crippen LogP contribution in [-0.2, 0) is 16.0 Å². The number of esters is 1. The fourth-order valence-corrected chi connectivity index (χ4v) is 4.75. The molecule has 4 rings (SSSR count). The first-order valence-electron chi connectivity index (χ1n) is 11.4. The van der Waals surface area contributed by atoms with Gasteiger partial charge in [-0.3, -0.25) is 9.59 Å². The standard InChI is InChI=1S/C26H31NO5/c1-30-23-12-5-3-10-21(23)24(28)27-16-14-26(15-17-27)13-7-6-9-20-8-2-4-11-22(20)31-18-19-32-25(26)29/h2-5,8,10-12H,6-7,9,13-19H2,1H3. The van der Waals surface area contributed by atoms with Crippen molar-refractivity contribution in [3.63, 3.8) is 0 Å². The monoisotopic (exact) mass is 437 g/mol. The van der Waals surface area contributed by atoms with Crippen LogP contribution in [0.4, 0.5) is 0 Å². The summed E-state index contributed by atoms with van der Waals surface area (Å²) in [6.07, 6.45) is 4.86. The van der Waals surface area contributed by atoms with E-state index in [2.05, 4.69) is 6.07 Å².